The van der Waals surface area contributed by atoms with Crippen molar-refractivity contribution in [3.8, 4) is 0 Å². The van der Waals surface area contributed by atoms with Gasteiger partial charge in [-0.25, -0.2) is 4.79 Å². The zero-order valence-corrected chi connectivity index (χ0v) is 8.90. The molecule has 0 aromatic rings. The van der Waals surface area contributed by atoms with Crippen LogP contribution in [0.3, 0.4) is 0 Å². The smallest absolute Gasteiger partial charge is 0.329 e. The van der Waals surface area contributed by atoms with Gasteiger partial charge >= 0.3 is 5.97 Å². The minimum absolute atomic E-state index is 0.129. The summed E-state index contributed by atoms with van der Waals surface area (Å²) in [6, 6.07) is -0.394. The van der Waals surface area contributed by atoms with E-state index < -0.39 is 23.8 Å². The number of rotatable bonds is 2. The summed E-state index contributed by atoms with van der Waals surface area (Å²) in [7, 11) is 0. The molecule has 1 N–H and O–H groups in total. The van der Waals surface area contributed by atoms with Crippen LogP contribution in [0.2, 0.25) is 0 Å². The molecule has 1 atom stereocenters. The van der Waals surface area contributed by atoms with Gasteiger partial charge in [-0.1, -0.05) is 6.42 Å². The number of hydrogen-bond acceptors (Lipinski definition) is 5. The lowest BCUT2D eigenvalue weighted by Gasteiger charge is -2.23. The van der Waals surface area contributed by atoms with Gasteiger partial charge in [-0.2, -0.15) is 0 Å². The van der Waals surface area contributed by atoms with Crippen molar-refractivity contribution < 1.29 is 19.2 Å². The minimum Gasteiger partial charge on any atom is -0.329 e. The molecule has 2 heterocycles. The first-order valence-corrected chi connectivity index (χ1v) is 5.49. The average Bonchev–Trinajstić information content (AvgIpc) is 2.62. The Kier molecular flexibility index (Phi) is 3.19. The average molecular weight is 226 g/mol. The number of carbonyl (C=O) groups is 3. The highest BCUT2D eigenvalue weighted by atomic mass is 16.7. The normalized spacial score (nSPS) is 26.0. The summed E-state index contributed by atoms with van der Waals surface area (Å²) in [5.74, 6) is -1.41. The predicted octanol–water partition coefficient (Wildman–Crippen LogP) is -0.264. The van der Waals surface area contributed by atoms with E-state index in [1.54, 1.807) is 0 Å². The van der Waals surface area contributed by atoms with Crippen LogP contribution in [0.25, 0.3) is 0 Å². The van der Waals surface area contributed by atoms with E-state index in [0.29, 0.717) is 11.5 Å². The van der Waals surface area contributed by atoms with Gasteiger partial charge in [-0.3, -0.25) is 9.59 Å². The summed E-state index contributed by atoms with van der Waals surface area (Å²) in [4.78, 5) is 38.8. The molecular weight excluding hydrogens is 212 g/mol. The quantitative estimate of drug-likeness (QED) is 0.656. The van der Waals surface area contributed by atoms with Crippen LogP contribution in [0.4, 0.5) is 0 Å². The molecule has 2 fully saturated rings. The van der Waals surface area contributed by atoms with Crippen molar-refractivity contribution in [3.05, 3.63) is 0 Å². The third-order valence-electron chi connectivity index (χ3n) is 2.78. The Bertz CT molecular complexity index is 307. The monoisotopic (exact) mass is 226 g/mol. The van der Waals surface area contributed by atoms with E-state index in [0.717, 1.165) is 19.4 Å². The van der Waals surface area contributed by atoms with E-state index in [9.17, 15) is 14.4 Å². The molecule has 0 aromatic carbocycles. The summed E-state index contributed by atoms with van der Waals surface area (Å²) in [6.07, 6.45) is 2.93. The van der Waals surface area contributed by atoms with Gasteiger partial charge in [-0.15, -0.1) is 5.06 Å². The maximum absolute atomic E-state index is 11.6. The highest BCUT2D eigenvalue weighted by Crippen LogP contribution is 2.15. The Morgan fingerprint density at radius 1 is 1.25 bits per heavy atom. The first-order chi connectivity index (χ1) is 7.68. The second-order valence-corrected chi connectivity index (χ2v) is 3.99. The zero-order chi connectivity index (χ0) is 11.5. The van der Waals surface area contributed by atoms with Crippen LogP contribution < -0.4 is 5.32 Å². The van der Waals surface area contributed by atoms with Gasteiger partial charge in [0.05, 0.1) is 0 Å². The zero-order valence-electron chi connectivity index (χ0n) is 8.90. The van der Waals surface area contributed by atoms with Gasteiger partial charge in [-0.05, 0) is 19.4 Å². The Morgan fingerprint density at radius 3 is 2.50 bits per heavy atom. The van der Waals surface area contributed by atoms with Gasteiger partial charge in [0, 0.05) is 12.8 Å². The lowest BCUT2D eigenvalue weighted by molar-refractivity contribution is -0.199. The number of amides is 2. The second-order valence-electron chi connectivity index (χ2n) is 3.99. The summed E-state index contributed by atoms with van der Waals surface area (Å²) in [6.45, 7) is 0.766. The van der Waals surface area contributed by atoms with Gasteiger partial charge < -0.3 is 10.2 Å². The predicted molar refractivity (Wildman–Crippen MR) is 52.8 cm³/mol. The van der Waals surface area contributed by atoms with Crippen molar-refractivity contribution in [2.24, 2.45) is 0 Å². The molecule has 6 heteroatoms. The van der Waals surface area contributed by atoms with Crippen molar-refractivity contribution in [1.82, 2.24) is 10.4 Å². The molecule has 0 saturated carbocycles. The molecule has 2 saturated heterocycles. The minimum atomic E-state index is -0.539. The molecule has 88 valence electrons. The molecule has 2 aliphatic heterocycles. The molecule has 6 nitrogen and oxygen atoms in total. The van der Waals surface area contributed by atoms with Crippen molar-refractivity contribution in [1.29, 1.82) is 0 Å². The molecule has 2 amide bonds. The fourth-order valence-electron chi connectivity index (χ4n) is 1.86. The highest BCUT2D eigenvalue weighted by molar-refractivity contribution is 6.01. The lowest BCUT2D eigenvalue weighted by Crippen LogP contribution is -2.45. The maximum atomic E-state index is 11.6. The molecule has 0 spiro atoms. The van der Waals surface area contributed by atoms with Crippen LogP contribution in [0, 0.1) is 0 Å². The summed E-state index contributed by atoms with van der Waals surface area (Å²) >= 11 is 0. The van der Waals surface area contributed by atoms with E-state index in [2.05, 4.69) is 5.32 Å². The maximum Gasteiger partial charge on any atom is 0.349 e. The van der Waals surface area contributed by atoms with E-state index >= 15 is 0 Å². The fraction of sp³-hybridized carbons (Fsp3) is 0.700. The van der Waals surface area contributed by atoms with Gasteiger partial charge in [0.15, 0.2) is 0 Å². The van der Waals surface area contributed by atoms with Crippen molar-refractivity contribution in [2.75, 3.05) is 6.54 Å². The largest absolute Gasteiger partial charge is 0.349 e. The van der Waals surface area contributed by atoms with E-state index in [1.807, 2.05) is 0 Å². The molecule has 0 unspecified atom stereocenters. The Balaban J connectivity index is 1.90. The Morgan fingerprint density at radius 2 is 1.94 bits per heavy atom. The molecule has 2 rings (SSSR count). The van der Waals surface area contributed by atoms with E-state index in [-0.39, 0.29) is 12.8 Å². The summed E-state index contributed by atoms with van der Waals surface area (Å²) < 4.78 is 0. The third-order valence-corrected chi connectivity index (χ3v) is 2.78. The van der Waals surface area contributed by atoms with Crippen molar-refractivity contribution in [2.45, 2.75) is 38.1 Å². The third kappa shape index (κ3) is 2.21. The molecule has 2 aliphatic rings. The van der Waals surface area contributed by atoms with Crippen LogP contribution in [0.15, 0.2) is 0 Å². The second kappa shape index (κ2) is 4.61. The Hall–Kier alpha value is -1.43. The van der Waals surface area contributed by atoms with Gasteiger partial charge in [0.25, 0.3) is 11.8 Å². The Labute approximate surface area is 92.9 Å². The number of nitrogens with zero attached hydrogens (tertiary/aromatic N) is 1. The lowest BCUT2D eigenvalue weighted by atomic mass is 10.1. The van der Waals surface area contributed by atoms with E-state index in [4.69, 9.17) is 4.84 Å². The topological polar surface area (TPSA) is 75.7 Å². The van der Waals surface area contributed by atoms with Crippen LogP contribution in [0.5, 0.6) is 0 Å². The first kappa shape index (κ1) is 11.1. The number of hydroxylamine groups is 2. The molecule has 0 radical (unpaired) electrons. The number of hydrogen-bond donors (Lipinski definition) is 1. The van der Waals surface area contributed by atoms with E-state index in [1.165, 1.54) is 0 Å². The fourth-order valence-corrected chi connectivity index (χ4v) is 1.86. The highest BCUT2D eigenvalue weighted by Gasteiger charge is 2.35. The van der Waals surface area contributed by atoms with Crippen LogP contribution in [0.1, 0.15) is 32.1 Å². The standard InChI is InChI=1S/C10H14N2O4/c13-8-4-5-9(14)12(8)16-10(15)7-3-1-2-6-11-7/h7,11H,1-6H2/t7-/m1/s1. The van der Waals surface area contributed by atoms with Gasteiger partial charge in [0.2, 0.25) is 0 Å². The number of imide groups is 1. The van der Waals surface area contributed by atoms with Gasteiger partial charge in [0.1, 0.15) is 6.04 Å². The van der Waals surface area contributed by atoms with Crippen LogP contribution >= 0.6 is 0 Å². The summed E-state index contributed by atoms with van der Waals surface area (Å²) in [5.41, 5.74) is 0. The molecular formula is C10H14N2O4. The molecule has 16 heavy (non-hydrogen) atoms. The SMILES string of the molecule is O=C(ON1C(=O)CCC1=O)[C@H]1CCCCN1. The number of piperidine rings is 1. The van der Waals surface area contributed by atoms with Crippen molar-refractivity contribution in [3.63, 3.8) is 0 Å². The molecule has 0 bridgehead atoms. The van der Waals surface area contributed by atoms with Crippen molar-refractivity contribution >= 4 is 17.8 Å². The molecule has 0 aromatic heterocycles. The number of carbonyl (C=O) groups excluding carboxylic acids is 3. The van der Waals surface area contributed by atoms with Crippen LogP contribution in [-0.2, 0) is 19.2 Å². The van der Waals surface area contributed by atoms with Crippen LogP contribution in [-0.4, -0.2) is 35.4 Å². The molecule has 0 aliphatic carbocycles. The summed E-state index contributed by atoms with van der Waals surface area (Å²) in [5, 5.41) is 3.59. The number of nitrogens with one attached hydrogen (secondary N) is 1. The first-order valence-electron chi connectivity index (χ1n) is 5.49.